The first kappa shape index (κ1) is 12.3. The standard InChI is InChI=1S/C16H22O/c1-3-13-5-7-14(8-6-13)11-15-10-12(2)4-9-16(15)17/h5-8,12,15H,3-4,9-11H2,1-2H3. The van der Waals surface area contributed by atoms with Crippen LogP contribution in [0.5, 0.6) is 0 Å². The number of Topliss-reactive ketones (excluding diaryl/α,β-unsaturated/α-hetero) is 1. The number of carbonyl (C=O) groups is 1. The first-order chi connectivity index (χ1) is 8.19. The first-order valence-electron chi connectivity index (χ1n) is 6.79. The second-order valence-corrected chi connectivity index (χ2v) is 5.42. The summed E-state index contributed by atoms with van der Waals surface area (Å²) in [6.45, 7) is 4.43. The Balaban J connectivity index is 2.01. The molecule has 1 aromatic carbocycles. The van der Waals surface area contributed by atoms with E-state index in [-0.39, 0.29) is 5.92 Å². The van der Waals surface area contributed by atoms with Gasteiger partial charge in [-0.1, -0.05) is 38.1 Å². The van der Waals surface area contributed by atoms with Crippen LogP contribution >= 0.6 is 0 Å². The molecule has 0 N–H and O–H groups in total. The summed E-state index contributed by atoms with van der Waals surface area (Å²) in [7, 11) is 0. The summed E-state index contributed by atoms with van der Waals surface area (Å²) in [5, 5.41) is 0. The molecular weight excluding hydrogens is 208 g/mol. The van der Waals surface area contributed by atoms with E-state index in [1.165, 1.54) is 11.1 Å². The van der Waals surface area contributed by atoms with Gasteiger partial charge in [0.05, 0.1) is 0 Å². The minimum atomic E-state index is 0.270. The van der Waals surface area contributed by atoms with Crippen molar-refractivity contribution in [2.75, 3.05) is 0 Å². The van der Waals surface area contributed by atoms with Crippen molar-refractivity contribution in [3.63, 3.8) is 0 Å². The molecule has 0 spiro atoms. The number of hydrogen-bond donors (Lipinski definition) is 0. The van der Waals surface area contributed by atoms with Gasteiger partial charge in [-0.25, -0.2) is 0 Å². The van der Waals surface area contributed by atoms with E-state index in [0.29, 0.717) is 11.7 Å². The quantitative estimate of drug-likeness (QED) is 0.772. The van der Waals surface area contributed by atoms with Gasteiger partial charge in [-0.2, -0.15) is 0 Å². The average molecular weight is 230 g/mol. The molecule has 1 aromatic rings. The van der Waals surface area contributed by atoms with Gasteiger partial charge in [0.1, 0.15) is 5.78 Å². The van der Waals surface area contributed by atoms with Crippen LogP contribution in [0.25, 0.3) is 0 Å². The van der Waals surface area contributed by atoms with Gasteiger partial charge >= 0.3 is 0 Å². The molecule has 0 saturated heterocycles. The van der Waals surface area contributed by atoms with Crippen LogP contribution in [0.2, 0.25) is 0 Å². The van der Waals surface area contributed by atoms with Crippen LogP contribution in [-0.2, 0) is 17.6 Å². The Morgan fingerprint density at radius 2 is 1.82 bits per heavy atom. The smallest absolute Gasteiger partial charge is 0.136 e. The van der Waals surface area contributed by atoms with Gasteiger partial charge in [0.25, 0.3) is 0 Å². The highest BCUT2D eigenvalue weighted by molar-refractivity contribution is 5.82. The summed E-state index contributed by atoms with van der Waals surface area (Å²) < 4.78 is 0. The third kappa shape index (κ3) is 3.18. The number of rotatable bonds is 3. The molecule has 0 aromatic heterocycles. The molecule has 0 aliphatic heterocycles. The van der Waals surface area contributed by atoms with Crippen LogP contribution in [0.4, 0.5) is 0 Å². The molecule has 0 radical (unpaired) electrons. The molecule has 1 nitrogen and oxygen atoms in total. The molecule has 0 bridgehead atoms. The van der Waals surface area contributed by atoms with Crippen molar-refractivity contribution in [3.05, 3.63) is 35.4 Å². The molecule has 1 aliphatic carbocycles. The predicted octanol–water partition coefficient (Wildman–Crippen LogP) is 3.80. The summed E-state index contributed by atoms with van der Waals surface area (Å²) in [5.41, 5.74) is 2.69. The lowest BCUT2D eigenvalue weighted by atomic mass is 9.78. The molecule has 1 aliphatic rings. The van der Waals surface area contributed by atoms with Crippen LogP contribution in [0, 0.1) is 11.8 Å². The molecule has 2 atom stereocenters. The Morgan fingerprint density at radius 1 is 1.18 bits per heavy atom. The molecular formula is C16H22O. The third-order valence-corrected chi connectivity index (χ3v) is 3.94. The van der Waals surface area contributed by atoms with Gasteiger partial charge in [0.15, 0.2) is 0 Å². The lowest BCUT2D eigenvalue weighted by molar-refractivity contribution is -0.125. The van der Waals surface area contributed by atoms with Crippen LogP contribution in [0.1, 0.15) is 44.2 Å². The van der Waals surface area contributed by atoms with Gasteiger partial charge < -0.3 is 0 Å². The summed E-state index contributed by atoms with van der Waals surface area (Å²) in [6.07, 6.45) is 4.98. The predicted molar refractivity (Wildman–Crippen MR) is 71.0 cm³/mol. The van der Waals surface area contributed by atoms with Gasteiger partial charge in [0, 0.05) is 12.3 Å². The van der Waals surface area contributed by atoms with E-state index in [2.05, 4.69) is 38.1 Å². The van der Waals surface area contributed by atoms with E-state index in [1.54, 1.807) is 0 Å². The largest absolute Gasteiger partial charge is 0.299 e. The van der Waals surface area contributed by atoms with Gasteiger partial charge in [-0.15, -0.1) is 0 Å². The third-order valence-electron chi connectivity index (χ3n) is 3.94. The molecule has 2 unspecified atom stereocenters. The molecule has 1 heteroatoms. The van der Waals surface area contributed by atoms with E-state index >= 15 is 0 Å². The Morgan fingerprint density at radius 3 is 2.47 bits per heavy atom. The fraction of sp³-hybridized carbons (Fsp3) is 0.562. The highest BCUT2D eigenvalue weighted by Crippen LogP contribution is 2.28. The normalized spacial score (nSPS) is 24.9. The number of benzene rings is 1. The van der Waals surface area contributed by atoms with E-state index in [9.17, 15) is 4.79 Å². The summed E-state index contributed by atoms with van der Waals surface area (Å²) in [6, 6.07) is 8.74. The lowest BCUT2D eigenvalue weighted by Crippen LogP contribution is -2.25. The molecule has 2 rings (SSSR count). The summed E-state index contributed by atoms with van der Waals surface area (Å²) >= 11 is 0. The Bertz CT molecular complexity index is 377. The number of hydrogen-bond acceptors (Lipinski definition) is 1. The highest BCUT2D eigenvalue weighted by Gasteiger charge is 2.26. The Labute approximate surface area is 104 Å². The van der Waals surface area contributed by atoms with E-state index in [4.69, 9.17) is 0 Å². The van der Waals surface area contributed by atoms with Gasteiger partial charge in [0.2, 0.25) is 0 Å². The van der Waals surface area contributed by atoms with Crippen molar-refractivity contribution in [2.24, 2.45) is 11.8 Å². The second kappa shape index (κ2) is 5.48. The fourth-order valence-corrected chi connectivity index (χ4v) is 2.72. The van der Waals surface area contributed by atoms with Gasteiger partial charge in [-0.05, 0) is 42.7 Å². The Kier molecular flexibility index (Phi) is 3.98. The van der Waals surface area contributed by atoms with Crippen molar-refractivity contribution >= 4 is 5.78 Å². The second-order valence-electron chi connectivity index (χ2n) is 5.42. The average Bonchev–Trinajstić information content (AvgIpc) is 2.35. The Hall–Kier alpha value is -1.11. The summed E-state index contributed by atoms with van der Waals surface area (Å²) in [4.78, 5) is 11.9. The van der Waals surface area contributed by atoms with Crippen molar-refractivity contribution in [1.82, 2.24) is 0 Å². The van der Waals surface area contributed by atoms with Crippen LogP contribution in [0.15, 0.2) is 24.3 Å². The molecule has 0 amide bonds. The van der Waals surface area contributed by atoms with E-state index in [1.807, 2.05) is 0 Å². The van der Waals surface area contributed by atoms with Crippen molar-refractivity contribution in [1.29, 1.82) is 0 Å². The van der Waals surface area contributed by atoms with Crippen molar-refractivity contribution in [2.45, 2.75) is 46.0 Å². The molecule has 0 heterocycles. The number of aryl methyl sites for hydroxylation is 1. The number of carbonyl (C=O) groups excluding carboxylic acids is 1. The van der Waals surface area contributed by atoms with Gasteiger partial charge in [-0.3, -0.25) is 4.79 Å². The zero-order chi connectivity index (χ0) is 12.3. The SMILES string of the molecule is CCc1ccc(CC2CC(C)CCC2=O)cc1. The maximum atomic E-state index is 11.9. The van der Waals surface area contributed by atoms with Crippen LogP contribution < -0.4 is 0 Å². The topological polar surface area (TPSA) is 17.1 Å². The maximum Gasteiger partial charge on any atom is 0.136 e. The monoisotopic (exact) mass is 230 g/mol. The molecule has 92 valence electrons. The summed E-state index contributed by atoms with van der Waals surface area (Å²) in [5.74, 6) is 1.46. The van der Waals surface area contributed by atoms with Crippen molar-refractivity contribution in [3.8, 4) is 0 Å². The lowest BCUT2D eigenvalue weighted by Gasteiger charge is -2.25. The first-order valence-corrected chi connectivity index (χ1v) is 6.79. The van der Waals surface area contributed by atoms with Crippen LogP contribution in [-0.4, -0.2) is 5.78 Å². The minimum absolute atomic E-state index is 0.270. The molecule has 1 fully saturated rings. The zero-order valence-electron chi connectivity index (χ0n) is 10.9. The maximum absolute atomic E-state index is 11.9. The molecule has 1 saturated carbocycles. The van der Waals surface area contributed by atoms with Crippen LogP contribution in [0.3, 0.4) is 0 Å². The fourth-order valence-electron chi connectivity index (χ4n) is 2.72. The highest BCUT2D eigenvalue weighted by atomic mass is 16.1. The molecule has 17 heavy (non-hydrogen) atoms. The van der Waals surface area contributed by atoms with Crippen molar-refractivity contribution < 1.29 is 4.79 Å². The number of ketones is 1. The zero-order valence-corrected chi connectivity index (χ0v) is 10.9. The van der Waals surface area contributed by atoms with E-state index in [0.717, 1.165) is 32.1 Å². The van der Waals surface area contributed by atoms with E-state index < -0.39 is 0 Å². The minimum Gasteiger partial charge on any atom is -0.299 e.